The summed E-state index contributed by atoms with van der Waals surface area (Å²) in [5.74, 6) is 0.354. The summed E-state index contributed by atoms with van der Waals surface area (Å²) in [6, 6.07) is 18.3. The first-order valence-corrected chi connectivity index (χ1v) is 16.7. The predicted molar refractivity (Wildman–Crippen MR) is 173 cm³/mol. The SMILES string of the molecule is O=C(CC(Cc1ccc(N2CCOCC2)cc1)N1CCOCC1)CC(Cc1ccc(N2CCOCC2)cc1)N1CCOCC1. The van der Waals surface area contributed by atoms with Crippen LogP contribution in [0.2, 0.25) is 0 Å². The fraction of sp³-hybridized carbons (Fsp3) is 0.629. The van der Waals surface area contributed by atoms with E-state index in [0.717, 1.165) is 118 Å². The number of hydrogen-bond acceptors (Lipinski definition) is 9. The molecule has 9 nitrogen and oxygen atoms in total. The first kappa shape index (κ1) is 31.5. The van der Waals surface area contributed by atoms with Gasteiger partial charge >= 0.3 is 0 Å². The number of nitrogens with zero attached hydrogens (tertiary/aromatic N) is 4. The molecule has 240 valence electrons. The van der Waals surface area contributed by atoms with E-state index in [1.807, 2.05) is 0 Å². The molecule has 2 unspecified atom stereocenters. The van der Waals surface area contributed by atoms with Crippen molar-refractivity contribution < 1.29 is 23.7 Å². The third kappa shape index (κ3) is 8.80. The zero-order valence-corrected chi connectivity index (χ0v) is 26.2. The minimum Gasteiger partial charge on any atom is -0.379 e. The summed E-state index contributed by atoms with van der Waals surface area (Å²) in [6.07, 6.45) is 2.89. The summed E-state index contributed by atoms with van der Waals surface area (Å²) in [4.78, 5) is 23.6. The van der Waals surface area contributed by atoms with Crippen LogP contribution in [-0.2, 0) is 36.6 Å². The molecule has 9 heteroatoms. The molecule has 0 saturated carbocycles. The summed E-state index contributed by atoms with van der Waals surface area (Å²) in [7, 11) is 0. The van der Waals surface area contributed by atoms with E-state index in [9.17, 15) is 4.79 Å². The zero-order chi connectivity index (χ0) is 30.0. The number of benzene rings is 2. The molecule has 0 amide bonds. The normalized spacial score (nSPS) is 22.1. The fourth-order valence-corrected chi connectivity index (χ4v) is 7.03. The van der Waals surface area contributed by atoms with Crippen LogP contribution in [0, 0.1) is 0 Å². The molecule has 0 radical (unpaired) electrons. The molecule has 0 spiro atoms. The smallest absolute Gasteiger partial charge is 0.136 e. The first-order valence-electron chi connectivity index (χ1n) is 16.7. The van der Waals surface area contributed by atoms with Gasteiger partial charge in [0.15, 0.2) is 0 Å². The molecule has 4 heterocycles. The Morgan fingerprint density at radius 2 is 0.818 bits per heavy atom. The highest BCUT2D eigenvalue weighted by atomic mass is 16.5. The topological polar surface area (TPSA) is 67.0 Å². The van der Waals surface area contributed by atoms with E-state index in [-0.39, 0.29) is 12.1 Å². The van der Waals surface area contributed by atoms with E-state index >= 15 is 0 Å². The Morgan fingerprint density at radius 3 is 1.16 bits per heavy atom. The third-order valence-electron chi connectivity index (χ3n) is 9.62. The zero-order valence-electron chi connectivity index (χ0n) is 26.2. The van der Waals surface area contributed by atoms with Crippen molar-refractivity contribution >= 4 is 17.2 Å². The van der Waals surface area contributed by atoms with Crippen molar-refractivity contribution in [3.8, 4) is 0 Å². The maximum absolute atomic E-state index is 13.9. The Bertz CT molecular complexity index is 1050. The third-order valence-corrected chi connectivity index (χ3v) is 9.62. The van der Waals surface area contributed by atoms with Gasteiger partial charge in [0.1, 0.15) is 5.78 Å². The Kier molecular flexibility index (Phi) is 11.5. The van der Waals surface area contributed by atoms with Crippen LogP contribution in [0.4, 0.5) is 11.4 Å². The summed E-state index contributed by atoms with van der Waals surface area (Å²) >= 11 is 0. The number of ether oxygens (including phenoxy) is 4. The second-order valence-electron chi connectivity index (χ2n) is 12.5. The van der Waals surface area contributed by atoms with Crippen molar-refractivity contribution in [2.75, 3.05) is 115 Å². The lowest BCUT2D eigenvalue weighted by Gasteiger charge is -2.36. The van der Waals surface area contributed by atoms with Gasteiger partial charge in [0.2, 0.25) is 0 Å². The van der Waals surface area contributed by atoms with Crippen molar-refractivity contribution in [2.45, 2.75) is 37.8 Å². The minimum atomic E-state index is 0.179. The van der Waals surface area contributed by atoms with Crippen molar-refractivity contribution in [2.24, 2.45) is 0 Å². The van der Waals surface area contributed by atoms with Gasteiger partial charge in [-0.25, -0.2) is 0 Å². The molecule has 0 aliphatic carbocycles. The Hall–Kier alpha value is -2.53. The highest BCUT2D eigenvalue weighted by molar-refractivity contribution is 5.79. The first-order chi connectivity index (χ1) is 21.7. The Labute approximate surface area is 263 Å². The van der Waals surface area contributed by atoms with E-state index in [4.69, 9.17) is 18.9 Å². The molecule has 2 atom stereocenters. The number of morpholine rings is 4. The monoisotopic (exact) mass is 606 g/mol. The Balaban J connectivity index is 1.11. The number of hydrogen-bond donors (Lipinski definition) is 0. The molecule has 4 aliphatic rings. The van der Waals surface area contributed by atoms with E-state index in [2.05, 4.69) is 68.1 Å². The van der Waals surface area contributed by atoms with Crippen LogP contribution in [0.1, 0.15) is 24.0 Å². The van der Waals surface area contributed by atoms with Crippen LogP contribution in [0.3, 0.4) is 0 Å². The molecule has 4 fully saturated rings. The maximum Gasteiger partial charge on any atom is 0.136 e. The van der Waals surface area contributed by atoms with Gasteiger partial charge in [0, 0.05) is 88.7 Å². The highest BCUT2D eigenvalue weighted by Gasteiger charge is 2.28. The van der Waals surface area contributed by atoms with Gasteiger partial charge in [-0.2, -0.15) is 0 Å². The highest BCUT2D eigenvalue weighted by Crippen LogP contribution is 2.23. The lowest BCUT2D eigenvalue weighted by atomic mass is 9.93. The quantitative estimate of drug-likeness (QED) is 0.363. The van der Waals surface area contributed by atoms with Gasteiger partial charge in [0.25, 0.3) is 0 Å². The molecule has 0 aromatic heterocycles. The number of ketones is 1. The second kappa shape index (κ2) is 16.2. The summed E-state index contributed by atoms with van der Waals surface area (Å²) in [5.41, 5.74) is 5.08. The van der Waals surface area contributed by atoms with Gasteiger partial charge in [-0.3, -0.25) is 14.6 Å². The molecule has 0 N–H and O–H groups in total. The number of Topliss-reactive ketones (excluding diaryl/α,β-unsaturated/α-hetero) is 1. The summed E-state index contributed by atoms with van der Waals surface area (Å²) in [5, 5.41) is 0. The fourth-order valence-electron chi connectivity index (χ4n) is 7.03. The standard InChI is InChI=1S/C35H50N4O5/c40-35(27-33(38-13-21-43-22-14-38)25-29-1-5-31(6-2-29)36-9-17-41-18-10-36)28-34(39-15-23-44-24-16-39)26-30-3-7-32(8-4-30)37-11-19-42-20-12-37/h1-8,33-34H,9-28H2. The van der Waals surface area contributed by atoms with E-state index < -0.39 is 0 Å². The van der Waals surface area contributed by atoms with Crippen LogP contribution in [-0.4, -0.2) is 133 Å². The van der Waals surface area contributed by atoms with E-state index in [1.165, 1.54) is 22.5 Å². The molecular formula is C35H50N4O5. The van der Waals surface area contributed by atoms with Crippen molar-refractivity contribution in [3.05, 3.63) is 59.7 Å². The summed E-state index contributed by atoms with van der Waals surface area (Å²) < 4.78 is 22.4. The molecule has 2 aromatic rings. The molecule has 6 rings (SSSR count). The molecule has 2 aromatic carbocycles. The van der Waals surface area contributed by atoms with Crippen LogP contribution < -0.4 is 9.80 Å². The summed E-state index contributed by atoms with van der Waals surface area (Å²) in [6.45, 7) is 13.4. The van der Waals surface area contributed by atoms with Gasteiger partial charge < -0.3 is 28.7 Å². The lowest BCUT2D eigenvalue weighted by Crippen LogP contribution is -2.47. The van der Waals surface area contributed by atoms with E-state index in [0.29, 0.717) is 18.6 Å². The van der Waals surface area contributed by atoms with Crippen molar-refractivity contribution in [3.63, 3.8) is 0 Å². The van der Waals surface area contributed by atoms with Crippen molar-refractivity contribution in [1.29, 1.82) is 0 Å². The molecule has 4 saturated heterocycles. The number of carbonyl (C=O) groups is 1. The van der Waals surface area contributed by atoms with Gasteiger partial charge in [-0.15, -0.1) is 0 Å². The number of carbonyl (C=O) groups excluding carboxylic acids is 1. The number of anilines is 2. The van der Waals surface area contributed by atoms with Gasteiger partial charge in [-0.1, -0.05) is 24.3 Å². The Morgan fingerprint density at radius 1 is 0.500 bits per heavy atom. The van der Waals surface area contributed by atoms with Crippen LogP contribution in [0.25, 0.3) is 0 Å². The van der Waals surface area contributed by atoms with Crippen LogP contribution in [0.5, 0.6) is 0 Å². The largest absolute Gasteiger partial charge is 0.379 e. The number of rotatable bonds is 12. The molecular weight excluding hydrogens is 556 g/mol. The van der Waals surface area contributed by atoms with Crippen LogP contribution in [0.15, 0.2) is 48.5 Å². The van der Waals surface area contributed by atoms with E-state index in [1.54, 1.807) is 0 Å². The van der Waals surface area contributed by atoms with Crippen molar-refractivity contribution in [1.82, 2.24) is 9.80 Å². The molecule has 4 aliphatic heterocycles. The maximum atomic E-state index is 13.9. The van der Waals surface area contributed by atoms with Gasteiger partial charge in [0.05, 0.1) is 52.9 Å². The van der Waals surface area contributed by atoms with Gasteiger partial charge in [-0.05, 0) is 48.2 Å². The second-order valence-corrected chi connectivity index (χ2v) is 12.5. The predicted octanol–water partition coefficient (Wildman–Crippen LogP) is 2.90. The molecule has 44 heavy (non-hydrogen) atoms. The lowest BCUT2D eigenvalue weighted by molar-refractivity contribution is -0.122. The average molecular weight is 607 g/mol. The minimum absolute atomic E-state index is 0.179. The average Bonchev–Trinajstić information content (AvgIpc) is 3.10. The molecule has 0 bridgehead atoms. The van der Waals surface area contributed by atoms with Crippen LogP contribution >= 0.6 is 0 Å².